The third-order valence-corrected chi connectivity index (χ3v) is 5.48. The molecule has 2 aromatic rings. The Labute approximate surface area is 160 Å². The average molecular weight is 365 g/mol. The number of aryl methyl sites for hydroxylation is 1. The van der Waals surface area contributed by atoms with Gasteiger partial charge in [0.15, 0.2) is 0 Å². The third-order valence-electron chi connectivity index (χ3n) is 5.48. The number of carbonyl (C=O) groups is 1. The second kappa shape index (κ2) is 8.09. The molecular formula is C22H27N3O2. The number of hydrogen-bond acceptors (Lipinski definition) is 4. The summed E-state index contributed by atoms with van der Waals surface area (Å²) >= 11 is 0. The van der Waals surface area contributed by atoms with Crippen molar-refractivity contribution in [1.29, 1.82) is 0 Å². The van der Waals surface area contributed by atoms with Gasteiger partial charge in [0.25, 0.3) is 5.91 Å². The first-order valence-electron chi connectivity index (χ1n) is 9.93. The molecule has 0 N–H and O–H groups in total. The quantitative estimate of drug-likeness (QED) is 0.818. The molecule has 0 unspecified atom stereocenters. The van der Waals surface area contributed by atoms with Crippen molar-refractivity contribution in [1.82, 2.24) is 9.91 Å². The standard InChI is InChI=1S/C22H27N3O2/c1-17-8-10-18(11-9-17)19-15-20(21-7-6-14-27-21)25(23-19)22(26)16-24-12-4-2-3-5-13-24/h6-11,14,20H,2-5,12-13,15-16H2,1H3/t20-/m0/s1. The Morgan fingerprint density at radius 1 is 1.11 bits per heavy atom. The Balaban J connectivity index is 1.55. The minimum Gasteiger partial charge on any atom is -0.467 e. The van der Waals surface area contributed by atoms with Gasteiger partial charge in [-0.3, -0.25) is 9.69 Å². The van der Waals surface area contributed by atoms with E-state index in [1.54, 1.807) is 11.3 Å². The van der Waals surface area contributed by atoms with Crippen molar-refractivity contribution in [2.24, 2.45) is 5.10 Å². The topological polar surface area (TPSA) is 49.1 Å². The van der Waals surface area contributed by atoms with Crippen molar-refractivity contribution >= 4 is 11.6 Å². The maximum atomic E-state index is 13.1. The van der Waals surface area contributed by atoms with Gasteiger partial charge in [0.05, 0.1) is 18.5 Å². The molecular weight excluding hydrogens is 338 g/mol. The van der Waals surface area contributed by atoms with Gasteiger partial charge in [-0.15, -0.1) is 0 Å². The molecule has 1 aromatic heterocycles. The van der Waals surface area contributed by atoms with E-state index < -0.39 is 0 Å². The monoisotopic (exact) mass is 365 g/mol. The molecule has 1 atom stereocenters. The molecule has 0 saturated carbocycles. The minimum atomic E-state index is -0.157. The lowest BCUT2D eigenvalue weighted by molar-refractivity contribution is -0.134. The molecule has 1 fully saturated rings. The molecule has 2 aliphatic rings. The van der Waals surface area contributed by atoms with Gasteiger partial charge in [0.1, 0.15) is 11.8 Å². The third kappa shape index (κ3) is 4.14. The number of likely N-dealkylation sites (tertiary alicyclic amines) is 1. The van der Waals surface area contributed by atoms with Gasteiger partial charge in [-0.05, 0) is 50.6 Å². The summed E-state index contributed by atoms with van der Waals surface area (Å²) in [5, 5.41) is 6.38. The lowest BCUT2D eigenvalue weighted by Crippen LogP contribution is -2.38. The first kappa shape index (κ1) is 18.0. The number of carbonyl (C=O) groups excluding carboxylic acids is 1. The van der Waals surface area contributed by atoms with Crippen LogP contribution in [0.5, 0.6) is 0 Å². The maximum absolute atomic E-state index is 13.1. The molecule has 2 aliphatic heterocycles. The summed E-state index contributed by atoms with van der Waals surface area (Å²) in [5.41, 5.74) is 3.23. The van der Waals surface area contributed by atoms with Gasteiger partial charge in [-0.2, -0.15) is 5.10 Å². The lowest BCUT2D eigenvalue weighted by atomic mass is 10.0. The van der Waals surface area contributed by atoms with E-state index in [1.807, 2.05) is 12.1 Å². The van der Waals surface area contributed by atoms with Crippen molar-refractivity contribution in [3.8, 4) is 0 Å². The van der Waals surface area contributed by atoms with Gasteiger partial charge in [0.2, 0.25) is 0 Å². The molecule has 5 nitrogen and oxygen atoms in total. The predicted molar refractivity (Wildman–Crippen MR) is 106 cm³/mol. The fourth-order valence-electron chi connectivity index (χ4n) is 3.92. The Hall–Kier alpha value is -2.40. The Kier molecular flexibility index (Phi) is 5.39. The van der Waals surface area contributed by atoms with E-state index in [9.17, 15) is 4.79 Å². The van der Waals surface area contributed by atoms with Gasteiger partial charge in [-0.25, -0.2) is 5.01 Å². The Morgan fingerprint density at radius 2 is 1.85 bits per heavy atom. The minimum absolute atomic E-state index is 0.0559. The largest absolute Gasteiger partial charge is 0.467 e. The van der Waals surface area contributed by atoms with E-state index >= 15 is 0 Å². The zero-order valence-corrected chi connectivity index (χ0v) is 15.9. The highest BCUT2D eigenvalue weighted by Gasteiger charge is 2.35. The van der Waals surface area contributed by atoms with Gasteiger partial charge in [-0.1, -0.05) is 42.7 Å². The molecule has 4 rings (SSSR count). The smallest absolute Gasteiger partial charge is 0.257 e. The van der Waals surface area contributed by atoms with Gasteiger partial charge in [0, 0.05) is 6.42 Å². The highest BCUT2D eigenvalue weighted by molar-refractivity contribution is 6.03. The first-order valence-corrected chi connectivity index (χ1v) is 9.93. The Morgan fingerprint density at radius 3 is 2.52 bits per heavy atom. The van der Waals surface area contributed by atoms with Crippen molar-refractivity contribution in [3.63, 3.8) is 0 Å². The number of hydrogen-bond donors (Lipinski definition) is 0. The number of rotatable bonds is 4. The van der Waals surface area contributed by atoms with E-state index in [0.29, 0.717) is 13.0 Å². The normalized spacial score (nSPS) is 21.1. The predicted octanol–water partition coefficient (Wildman–Crippen LogP) is 4.14. The summed E-state index contributed by atoms with van der Waals surface area (Å²) in [6.07, 6.45) is 7.22. The molecule has 0 aliphatic carbocycles. The SMILES string of the molecule is Cc1ccc(C2=NN(C(=O)CN3CCCCCC3)[C@H](c3ccco3)C2)cc1. The van der Waals surface area contributed by atoms with Crippen LogP contribution in [0, 0.1) is 6.92 Å². The molecule has 1 saturated heterocycles. The highest BCUT2D eigenvalue weighted by atomic mass is 16.3. The van der Waals surface area contributed by atoms with Crippen LogP contribution < -0.4 is 0 Å². The van der Waals surface area contributed by atoms with Gasteiger partial charge < -0.3 is 4.42 Å². The van der Waals surface area contributed by atoms with Crippen LogP contribution in [0.3, 0.4) is 0 Å². The fourth-order valence-corrected chi connectivity index (χ4v) is 3.92. The molecule has 0 radical (unpaired) electrons. The fraction of sp³-hybridized carbons (Fsp3) is 0.455. The van der Waals surface area contributed by atoms with Crippen molar-refractivity contribution in [3.05, 3.63) is 59.5 Å². The number of nitrogens with zero attached hydrogens (tertiary/aromatic N) is 3. The maximum Gasteiger partial charge on any atom is 0.257 e. The second-order valence-electron chi connectivity index (χ2n) is 7.58. The summed E-state index contributed by atoms with van der Waals surface area (Å²) in [6, 6.07) is 12.0. The highest BCUT2D eigenvalue weighted by Crippen LogP contribution is 2.33. The number of benzene rings is 1. The molecule has 1 amide bonds. The lowest BCUT2D eigenvalue weighted by Gasteiger charge is -2.24. The number of hydrazone groups is 1. The van der Waals surface area contributed by atoms with Crippen molar-refractivity contribution in [2.45, 2.75) is 45.1 Å². The van der Waals surface area contributed by atoms with E-state index in [0.717, 1.165) is 30.1 Å². The number of furan rings is 1. The zero-order valence-electron chi connectivity index (χ0n) is 15.9. The molecule has 1 aromatic carbocycles. The van der Waals surface area contributed by atoms with Crippen LogP contribution in [-0.2, 0) is 4.79 Å². The van der Waals surface area contributed by atoms with Crippen LogP contribution >= 0.6 is 0 Å². The van der Waals surface area contributed by atoms with Crippen LogP contribution in [0.25, 0.3) is 0 Å². The zero-order chi connectivity index (χ0) is 18.6. The van der Waals surface area contributed by atoms with Crippen molar-refractivity contribution < 1.29 is 9.21 Å². The van der Waals surface area contributed by atoms with Crippen LogP contribution in [0.15, 0.2) is 52.2 Å². The number of amides is 1. The molecule has 0 spiro atoms. The van der Waals surface area contributed by atoms with Crippen molar-refractivity contribution in [2.75, 3.05) is 19.6 Å². The second-order valence-corrected chi connectivity index (χ2v) is 7.58. The molecule has 0 bridgehead atoms. The summed E-state index contributed by atoms with van der Waals surface area (Å²) in [6.45, 7) is 4.50. The van der Waals surface area contributed by atoms with Gasteiger partial charge >= 0.3 is 0 Å². The van der Waals surface area contributed by atoms with Crippen LogP contribution in [0.4, 0.5) is 0 Å². The Bertz CT molecular complexity index is 787. The molecule has 27 heavy (non-hydrogen) atoms. The van der Waals surface area contributed by atoms with Crippen LogP contribution in [-0.4, -0.2) is 41.2 Å². The summed E-state index contributed by atoms with van der Waals surface area (Å²) < 4.78 is 5.63. The summed E-state index contributed by atoms with van der Waals surface area (Å²) in [4.78, 5) is 15.4. The average Bonchev–Trinajstić information content (AvgIpc) is 3.28. The van der Waals surface area contributed by atoms with Crippen LogP contribution in [0.2, 0.25) is 0 Å². The molecule has 5 heteroatoms. The van der Waals surface area contributed by atoms with Crippen LogP contribution in [0.1, 0.15) is 55.0 Å². The molecule has 3 heterocycles. The van der Waals surface area contributed by atoms with E-state index in [1.165, 1.54) is 31.2 Å². The van der Waals surface area contributed by atoms with E-state index in [2.05, 4.69) is 36.1 Å². The summed E-state index contributed by atoms with van der Waals surface area (Å²) in [5.74, 6) is 0.852. The van der Waals surface area contributed by atoms with E-state index in [-0.39, 0.29) is 11.9 Å². The summed E-state index contributed by atoms with van der Waals surface area (Å²) in [7, 11) is 0. The molecule has 142 valence electrons. The van der Waals surface area contributed by atoms with E-state index in [4.69, 9.17) is 9.52 Å². The first-order chi connectivity index (χ1) is 13.2.